The van der Waals surface area contributed by atoms with Crippen molar-refractivity contribution in [1.29, 1.82) is 0 Å². The molecule has 30 heavy (non-hydrogen) atoms. The Morgan fingerprint density at radius 1 is 1.00 bits per heavy atom. The molecule has 2 heterocycles. The Morgan fingerprint density at radius 2 is 1.67 bits per heavy atom. The molecule has 5 nitrogen and oxygen atoms in total. The van der Waals surface area contributed by atoms with Gasteiger partial charge in [-0.25, -0.2) is 0 Å². The molecule has 2 aromatic rings. The summed E-state index contributed by atoms with van der Waals surface area (Å²) in [6.45, 7) is 5.61. The highest BCUT2D eigenvalue weighted by Gasteiger charge is 2.48. The van der Waals surface area contributed by atoms with E-state index in [1.54, 1.807) is 14.2 Å². The molecular weight excluding hydrogens is 378 g/mol. The summed E-state index contributed by atoms with van der Waals surface area (Å²) in [4.78, 5) is 2.59. The summed E-state index contributed by atoms with van der Waals surface area (Å²) in [7, 11) is 3.35. The second-order valence-corrected chi connectivity index (χ2v) is 8.59. The van der Waals surface area contributed by atoms with E-state index in [9.17, 15) is 5.11 Å². The summed E-state index contributed by atoms with van der Waals surface area (Å²) in [5.74, 6) is 2.41. The average Bonchev–Trinajstić information content (AvgIpc) is 2.99. The van der Waals surface area contributed by atoms with E-state index < -0.39 is 5.60 Å². The summed E-state index contributed by atoms with van der Waals surface area (Å²) in [6, 6.07) is 12.9. The van der Waals surface area contributed by atoms with Crippen LogP contribution >= 0.6 is 0 Å². The summed E-state index contributed by atoms with van der Waals surface area (Å²) < 4.78 is 16.6. The van der Waals surface area contributed by atoms with Crippen molar-refractivity contribution < 1.29 is 19.3 Å². The molecule has 2 atom stereocenters. The Kier molecular flexibility index (Phi) is 5.94. The predicted molar refractivity (Wildman–Crippen MR) is 117 cm³/mol. The number of aliphatic hydroxyl groups is 1. The molecule has 2 aliphatic heterocycles. The van der Waals surface area contributed by atoms with Gasteiger partial charge in [-0.15, -0.1) is 0 Å². The van der Waals surface area contributed by atoms with Gasteiger partial charge in [-0.3, -0.25) is 4.90 Å². The molecule has 0 amide bonds. The molecule has 4 rings (SSSR count). The Bertz CT molecular complexity index is 865. The summed E-state index contributed by atoms with van der Waals surface area (Å²) in [6.07, 6.45) is 3.81. The Labute approximate surface area is 179 Å². The number of hydrogen-bond donors (Lipinski definition) is 1. The number of rotatable bonds is 7. The quantitative estimate of drug-likeness (QED) is 0.731. The van der Waals surface area contributed by atoms with E-state index in [-0.39, 0.29) is 0 Å². The minimum atomic E-state index is -0.764. The predicted octanol–water partition coefficient (Wildman–Crippen LogP) is 4.43. The fraction of sp³-hybridized carbons (Fsp3) is 0.520. The summed E-state index contributed by atoms with van der Waals surface area (Å²) in [5.41, 5.74) is 2.72. The molecule has 2 aromatic carbocycles. The first-order valence-corrected chi connectivity index (χ1v) is 10.9. The van der Waals surface area contributed by atoms with Crippen LogP contribution in [0.2, 0.25) is 0 Å². The Hall–Kier alpha value is -2.24. The number of ether oxygens (including phenoxy) is 3. The lowest BCUT2D eigenvalue weighted by Gasteiger charge is -2.44. The van der Waals surface area contributed by atoms with Crippen LogP contribution in [0.3, 0.4) is 0 Å². The summed E-state index contributed by atoms with van der Waals surface area (Å²) in [5, 5.41) is 11.5. The van der Waals surface area contributed by atoms with Crippen molar-refractivity contribution >= 4 is 0 Å². The molecule has 0 spiro atoms. The van der Waals surface area contributed by atoms with E-state index in [1.807, 2.05) is 31.2 Å². The van der Waals surface area contributed by atoms with Crippen molar-refractivity contribution in [2.24, 2.45) is 0 Å². The number of piperidine rings is 1. The smallest absolute Gasteiger partial charge is 0.161 e. The van der Waals surface area contributed by atoms with Crippen LogP contribution in [0.1, 0.15) is 49.3 Å². The van der Waals surface area contributed by atoms with Gasteiger partial charge >= 0.3 is 0 Å². The summed E-state index contributed by atoms with van der Waals surface area (Å²) >= 11 is 0. The molecule has 2 fully saturated rings. The van der Waals surface area contributed by atoms with Crippen LogP contribution in [0.15, 0.2) is 36.4 Å². The van der Waals surface area contributed by atoms with Crippen molar-refractivity contribution in [3.05, 3.63) is 53.1 Å². The molecule has 2 saturated heterocycles. The zero-order chi connectivity index (χ0) is 21.3. The van der Waals surface area contributed by atoms with Gasteiger partial charge < -0.3 is 19.3 Å². The maximum absolute atomic E-state index is 11.5. The van der Waals surface area contributed by atoms with Crippen LogP contribution in [-0.4, -0.2) is 42.9 Å². The Balaban J connectivity index is 1.54. The maximum Gasteiger partial charge on any atom is 0.161 e. The molecule has 0 aromatic heterocycles. The standard InChI is InChI=1S/C25H33NO4/c1-5-30-24-13-18(17(2)12-23(24)29-4)16-26-20-8-9-21(26)15-25(27,14-20)19-6-10-22(28-3)11-7-19/h6-7,10-13,20-21,27H,5,8-9,14-16H2,1-4H3. The molecule has 1 N–H and O–H groups in total. The second kappa shape index (κ2) is 8.48. The first-order valence-electron chi connectivity index (χ1n) is 10.9. The van der Waals surface area contributed by atoms with Crippen LogP contribution in [0.25, 0.3) is 0 Å². The van der Waals surface area contributed by atoms with Crippen LogP contribution in [0.4, 0.5) is 0 Å². The molecular formula is C25H33NO4. The van der Waals surface area contributed by atoms with Crippen molar-refractivity contribution in [3.8, 4) is 17.2 Å². The fourth-order valence-electron chi connectivity index (χ4n) is 5.21. The number of nitrogens with zero attached hydrogens (tertiary/aromatic N) is 1. The molecule has 0 saturated carbocycles. The number of aryl methyl sites for hydroxylation is 1. The highest BCUT2D eigenvalue weighted by Crippen LogP contribution is 2.47. The van der Waals surface area contributed by atoms with Crippen molar-refractivity contribution in [2.75, 3.05) is 20.8 Å². The monoisotopic (exact) mass is 411 g/mol. The SMILES string of the molecule is CCOc1cc(CN2C3CCC2CC(O)(c2ccc(OC)cc2)C3)c(C)cc1OC. The lowest BCUT2D eigenvalue weighted by atomic mass is 9.80. The average molecular weight is 412 g/mol. The zero-order valence-electron chi connectivity index (χ0n) is 18.5. The lowest BCUT2D eigenvalue weighted by Crippen LogP contribution is -2.49. The van der Waals surface area contributed by atoms with Gasteiger partial charge in [-0.1, -0.05) is 12.1 Å². The minimum absolute atomic E-state index is 0.382. The normalized spacial score (nSPS) is 25.9. The third-order valence-electron chi connectivity index (χ3n) is 6.82. The third kappa shape index (κ3) is 3.88. The third-order valence-corrected chi connectivity index (χ3v) is 6.82. The van der Waals surface area contributed by atoms with Gasteiger partial charge in [0.1, 0.15) is 5.75 Å². The van der Waals surface area contributed by atoms with Crippen molar-refractivity contribution in [3.63, 3.8) is 0 Å². The van der Waals surface area contributed by atoms with E-state index in [2.05, 4.69) is 24.0 Å². The first kappa shape index (κ1) is 21.0. The second-order valence-electron chi connectivity index (χ2n) is 8.59. The Morgan fingerprint density at radius 3 is 2.23 bits per heavy atom. The number of benzene rings is 2. The van der Waals surface area contributed by atoms with Gasteiger partial charge in [0.15, 0.2) is 11.5 Å². The molecule has 5 heteroatoms. The van der Waals surface area contributed by atoms with E-state index in [1.165, 1.54) is 11.1 Å². The maximum atomic E-state index is 11.5. The molecule has 162 valence electrons. The van der Waals surface area contributed by atoms with Crippen LogP contribution in [-0.2, 0) is 12.1 Å². The van der Waals surface area contributed by atoms with Crippen LogP contribution in [0, 0.1) is 6.92 Å². The first-order chi connectivity index (χ1) is 14.5. The number of hydrogen-bond acceptors (Lipinski definition) is 5. The van der Waals surface area contributed by atoms with Crippen LogP contribution < -0.4 is 14.2 Å². The molecule has 2 bridgehead atoms. The highest BCUT2D eigenvalue weighted by atomic mass is 16.5. The van der Waals surface area contributed by atoms with Gasteiger partial charge in [0.2, 0.25) is 0 Å². The van der Waals surface area contributed by atoms with E-state index >= 15 is 0 Å². The van der Waals surface area contributed by atoms with Crippen molar-refractivity contribution in [1.82, 2.24) is 4.90 Å². The van der Waals surface area contributed by atoms with E-state index in [0.717, 1.165) is 55.0 Å². The topological polar surface area (TPSA) is 51.2 Å². The van der Waals surface area contributed by atoms with Crippen LogP contribution in [0.5, 0.6) is 17.2 Å². The molecule has 2 aliphatic rings. The fourth-order valence-corrected chi connectivity index (χ4v) is 5.21. The number of fused-ring (bicyclic) bond motifs is 2. The van der Waals surface area contributed by atoms with Gasteiger partial charge in [-0.2, -0.15) is 0 Å². The minimum Gasteiger partial charge on any atom is -0.497 e. The van der Waals surface area contributed by atoms with Crippen molar-refractivity contribution in [2.45, 2.75) is 63.8 Å². The zero-order valence-corrected chi connectivity index (χ0v) is 18.5. The molecule has 0 radical (unpaired) electrons. The lowest BCUT2D eigenvalue weighted by molar-refractivity contribution is -0.0595. The van der Waals surface area contributed by atoms with Gasteiger partial charge in [0.05, 0.1) is 26.4 Å². The largest absolute Gasteiger partial charge is 0.497 e. The van der Waals surface area contributed by atoms with E-state index in [4.69, 9.17) is 14.2 Å². The van der Waals surface area contributed by atoms with Gasteiger partial charge in [-0.05, 0) is 80.5 Å². The molecule has 2 unspecified atom stereocenters. The van der Waals surface area contributed by atoms with Gasteiger partial charge in [0.25, 0.3) is 0 Å². The highest BCUT2D eigenvalue weighted by molar-refractivity contribution is 5.47. The van der Waals surface area contributed by atoms with Gasteiger partial charge in [0, 0.05) is 18.6 Å². The van der Waals surface area contributed by atoms with E-state index in [0.29, 0.717) is 18.7 Å². The molecule has 0 aliphatic carbocycles. The number of methoxy groups -OCH3 is 2.